The monoisotopic (exact) mass is 251 g/mol. The molecule has 0 aromatic carbocycles. The SMILES string of the molecule is CC(C)OC(=O)c1cc2cc(C#N)sc2s1. The van der Waals surface area contributed by atoms with Crippen LogP contribution in [0.25, 0.3) is 9.40 Å². The number of nitrogens with zero attached hydrogens (tertiary/aromatic N) is 1. The van der Waals surface area contributed by atoms with Crippen LogP contribution in [-0.4, -0.2) is 12.1 Å². The average molecular weight is 251 g/mol. The lowest BCUT2D eigenvalue weighted by Crippen LogP contribution is -2.09. The topological polar surface area (TPSA) is 50.1 Å². The number of carbonyl (C=O) groups is 1. The van der Waals surface area contributed by atoms with Crippen molar-refractivity contribution in [3.8, 4) is 6.07 Å². The van der Waals surface area contributed by atoms with Crippen LogP contribution in [0.4, 0.5) is 0 Å². The fourth-order valence-corrected chi connectivity index (χ4v) is 3.39. The van der Waals surface area contributed by atoms with Crippen LogP contribution in [0.2, 0.25) is 0 Å². The molecular weight excluding hydrogens is 242 g/mol. The molecule has 2 heterocycles. The van der Waals surface area contributed by atoms with Gasteiger partial charge in [0.1, 0.15) is 15.8 Å². The van der Waals surface area contributed by atoms with Crippen molar-refractivity contribution in [1.29, 1.82) is 5.26 Å². The van der Waals surface area contributed by atoms with Crippen LogP contribution in [0.1, 0.15) is 28.4 Å². The van der Waals surface area contributed by atoms with Gasteiger partial charge in [0, 0.05) is 5.39 Å². The molecule has 2 aromatic rings. The highest BCUT2D eigenvalue weighted by Gasteiger charge is 2.14. The standard InChI is InChI=1S/C11H9NO2S2/c1-6(2)14-10(13)9-4-7-3-8(5-12)15-11(7)16-9/h3-4,6H,1-2H3. The second-order valence-corrected chi connectivity index (χ2v) is 5.89. The van der Waals surface area contributed by atoms with Gasteiger partial charge in [-0.25, -0.2) is 4.79 Å². The summed E-state index contributed by atoms with van der Waals surface area (Å²) in [6.07, 6.45) is -0.109. The minimum absolute atomic E-state index is 0.109. The summed E-state index contributed by atoms with van der Waals surface area (Å²) in [6.45, 7) is 3.64. The Labute approximate surface area is 101 Å². The van der Waals surface area contributed by atoms with Gasteiger partial charge in [0.25, 0.3) is 0 Å². The van der Waals surface area contributed by atoms with Gasteiger partial charge >= 0.3 is 5.97 Å². The van der Waals surface area contributed by atoms with Crippen molar-refractivity contribution >= 4 is 38.0 Å². The Morgan fingerprint density at radius 2 is 2.19 bits per heavy atom. The maximum absolute atomic E-state index is 11.6. The number of esters is 1. The molecule has 0 unspecified atom stereocenters. The molecule has 0 aliphatic rings. The van der Waals surface area contributed by atoms with Crippen LogP contribution in [0.15, 0.2) is 12.1 Å². The highest BCUT2D eigenvalue weighted by atomic mass is 32.2. The molecule has 16 heavy (non-hydrogen) atoms. The van der Waals surface area contributed by atoms with E-state index < -0.39 is 0 Å². The van der Waals surface area contributed by atoms with E-state index in [9.17, 15) is 4.79 Å². The van der Waals surface area contributed by atoms with E-state index >= 15 is 0 Å². The number of fused-ring (bicyclic) bond motifs is 1. The summed E-state index contributed by atoms with van der Waals surface area (Å²) in [5, 5.41) is 9.67. The summed E-state index contributed by atoms with van der Waals surface area (Å²) in [5.41, 5.74) is 0. The lowest BCUT2D eigenvalue weighted by Gasteiger charge is -2.05. The number of hydrogen-bond acceptors (Lipinski definition) is 5. The van der Waals surface area contributed by atoms with E-state index in [1.807, 2.05) is 13.8 Å². The molecule has 0 bridgehead atoms. The Hall–Kier alpha value is -1.38. The van der Waals surface area contributed by atoms with Crippen LogP contribution in [0, 0.1) is 11.3 Å². The molecule has 2 rings (SSSR count). The molecule has 0 saturated heterocycles. The smallest absolute Gasteiger partial charge is 0.348 e. The molecule has 2 aromatic heterocycles. The summed E-state index contributed by atoms with van der Waals surface area (Å²) in [4.78, 5) is 12.9. The quantitative estimate of drug-likeness (QED) is 0.769. The van der Waals surface area contributed by atoms with Crippen molar-refractivity contribution in [2.24, 2.45) is 0 Å². The molecule has 0 fully saturated rings. The fourth-order valence-electron chi connectivity index (χ4n) is 1.27. The summed E-state index contributed by atoms with van der Waals surface area (Å²) in [7, 11) is 0. The third-order valence-electron chi connectivity index (χ3n) is 1.87. The van der Waals surface area contributed by atoms with Crippen molar-refractivity contribution in [3.05, 3.63) is 21.9 Å². The predicted molar refractivity (Wildman–Crippen MR) is 65.0 cm³/mol. The Balaban J connectivity index is 2.31. The second-order valence-electron chi connectivity index (χ2n) is 3.53. The summed E-state index contributed by atoms with van der Waals surface area (Å²) in [5.74, 6) is -0.290. The van der Waals surface area contributed by atoms with Gasteiger partial charge in [0.2, 0.25) is 0 Å². The van der Waals surface area contributed by atoms with Crippen LogP contribution in [-0.2, 0) is 4.74 Å². The molecule has 0 saturated carbocycles. The lowest BCUT2D eigenvalue weighted by molar-refractivity contribution is 0.0384. The van der Waals surface area contributed by atoms with E-state index in [-0.39, 0.29) is 12.1 Å². The van der Waals surface area contributed by atoms with Gasteiger partial charge in [-0.3, -0.25) is 0 Å². The molecule has 5 heteroatoms. The Morgan fingerprint density at radius 3 is 2.75 bits per heavy atom. The normalized spacial score (nSPS) is 10.6. The maximum atomic E-state index is 11.6. The first-order valence-corrected chi connectivity index (χ1v) is 6.38. The number of ether oxygens (including phenoxy) is 1. The van der Waals surface area contributed by atoms with E-state index in [0.717, 1.165) is 9.40 Å². The molecule has 3 nitrogen and oxygen atoms in total. The van der Waals surface area contributed by atoms with Gasteiger partial charge < -0.3 is 4.74 Å². The number of rotatable bonds is 2. The molecule has 0 amide bonds. The molecule has 0 aliphatic carbocycles. The molecule has 82 valence electrons. The summed E-state index contributed by atoms with van der Waals surface area (Å²) < 4.78 is 6.10. The first-order valence-electron chi connectivity index (χ1n) is 4.74. The molecular formula is C11H9NO2S2. The molecule has 0 spiro atoms. The zero-order chi connectivity index (χ0) is 11.7. The number of nitriles is 1. The largest absolute Gasteiger partial charge is 0.459 e. The minimum Gasteiger partial charge on any atom is -0.459 e. The first kappa shape index (κ1) is 11.1. The highest BCUT2D eigenvalue weighted by molar-refractivity contribution is 7.39. The van der Waals surface area contributed by atoms with Gasteiger partial charge in [0.15, 0.2) is 0 Å². The Bertz CT molecular complexity index is 543. The zero-order valence-electron chi connectivity index (χ0n) is 8.81. The average Bonchev–Trinajstić information content (AvgIpc) is 2.72. The number of hydrogen-bond donors (Lipinski definition) is 0. The minimum atomic E-state index is -0.290. The number of thiophene rings is 2. The van der Waals surface area contributed by atoms with Gasteiger partial charge in [-0.15, -0.1) is 22.7 Å². The molecule has 0 N–H and O–H groups in total. The lowest BCUT2D eigenvalue weighted by atomic mass is 10.3. The molecule has 0 radical (unpaired) electrons. The van der Waals surface area contributed by atoms with E-state index in [2.05, 4.69) is 6.07 Å². The van der Waals surface area contributed by atoms with E-state index in [0.29, 0.717) is 9.75 Å². The first-order chi connectivity index (χ1) is 7.60. The van der Waals surface area contributed by atoms with Gasteiger partial charge in [-0.1, -0.05) is 0 Å². The van der Waals surface area contributed by atoms with E-state index in [4.69, 9.17) is 10.00 Å². The van der Waals surface area contributed by atoms with Gasteiger partial charge in [0.05, 0.1) is 10.1 Å². The van der Waals surface area contributed by atoms with Crippen LogP contribution in [0.3, 0.4) is 0 Å². The summed E-state index contributed by atoms with van der Waals surface area (Å²) in [6, 6.07) is 5.67. The second kappa shape index (κ2) is 4.24. The fraction of sp³-hybridized carbons (Fsp3) is 0.273. The van der Waals surface area contributed by atoms with Crippen molar-refractivity contribution in [2.45, 2.75) is 20.0 Å². The predicted octanol–water partition coefficient (Wildman–Crippen LogP) is 3.40. The maximum Gasteiger partial charge on any atom is 0.348 e. The van der Waals surface area contributed by atoms with Gasteiger partial charge in [-0.2, -0.15) is 5.26 Å². The molecule has 0 atom stereocenters. The van der Waals surface area contributed by atoms with Crippen molar-refractivity contribution in [2.75, 3.05) is 0 Å². The van der Waals surface area contributed by atoms with E-state index in [1.165, 1.54) is 22.7 Å². The van der Waals surface area contributed by atoms with Crippen molar-refractivity contribution in [3.63, 3.8) is 0 Å². The van der Waals surface area contributed by atoms with E-state index in [1.54, 1.807) is 12.1 Å². The Kier molecular flexibility index (Phi) is 2.95. The zero-order valence-corrected chi connectivity index (χ0v) is 10.4. The third-order valence-corrected chi connectivity index (χ3v) is 4.14. The van der Waals surface area contributed by atoms with Crippen LogP contribution >= 0.6 is 22.7 Å². The van der Waals surface area contributed by atoms with Crippen molar-refractivity contribution in [1.82, 2.24) is 0 Å². The number of carbonyl (C=O) groups excluding carboxylic acids is 1. The highest BCUT2D eigenvalue weighted by Crippen LogP contribution is 2.33. The van der Waals surface area contributed by atoms with Crippen molar-refractivity contribution < 1.29 is 9.53 Å². The van der Waals surface area contributed by atoms with Crippen LogP contribution < -0.4 is 0 Å². The summed E-state index contributed by atoms with van der Waals surface area (Å²) >= 11 is 2.78. The van der Waals surface area contributed by atoms with Gasteiger partial charge in [-0.05, 0) is 26.0 Å². The van der Waals surface area contributed by atoms with Crippen LogP contribution in [0.5, 0.6) is 0 Å². The Morgan fingerprint density at radius 1 is 1.44 bits per heavy atom. The third kappa shape index (κ3) is 2.08. The molecule has 0 aliphatic heterocycles.